The summed E-state index contributed by atoms with van der Waals surface area (Å²) in [6, 6.07) is 9.18. The van der Waals surface area contributed by atoms with Crippen molar-refractivity contribution in [2.24, 2.45) is 0 Å². The quantitative estimate of drug-likeness (QED) is 0.306. The summed E-state index contributed by atoms with van der Waals surface area (Å²) < 4.78 is 9.27. The van der Waals surface area contributed by atoms with Crippen molar-refractivity contribution in [3.63, 3.8) is 0 Å². The molecule has 1 aromatic heterocycles. The van der Waals surface area contributed by atoms with Crippen LogP contribution in [0, 0.1) is 0 Å². The molecule has 0 bridgehead atoms. The molecule has 2 aromatic carbocycles. The Kier molecular flexibility index (Phi) is 5.33. The third-order valence-electron chi connectivity index (χ3n) is 8.20. The zero-order valence-corrected chi connectivity index (χ0v) is 24.0. The average Bonchev–Trinajstić information content (AvgIpc) is 3.35. The first-order valence-corrected chi connectivity index (χ1v) is 14.2. The lowest BCUT2D eigenvalue weighted by Crippen LogP contribution is -2.49. The maximum absolute atomic E-state index is 6.79. The molecule has 0 saturated carbocycles. The van der Waals surface area contributed by atoms with Crippen LogP contribution in [0.3, 0.4) is 0 Å². The van der Waals surface area contributed by atoms with Gasteiger partial charge in [0.2, 0.25) is 5.36 Å². The van der Waals surface area contributed by atoms with E-state index >= 15 is 0 Å². The lowest BCUT2D eigenvalue weighted by atomic mass is 9.85. The van der Waals surface area contributed by atoms with E-state index in [1.807, 2.05) is 6.20 Å². The Bertz CT molecular complexity index is 1640. The molecule has 37 heavy (non-hydrogen) atoms. The van der Waals surface area contributed by atoms with E-state index in [0.29, 0.717) is 0 Å². The second kappa shape index (κ2) is 8.16. The number of allylic oxidation sites excluding steroid dienone is 2. The van der Waals surface area contributed by atoms with Crippen LogP contribution in [0.2, 0.25) is 0 Å². The number of likely N-dealkylation sites (N-methyl/N-ethyl adjacent to an activating group) is 2. The summed E-state index contributed by atoms with van der Waals surface area (Å²) in [5.74, 6) is 1.82. The van der Waals surface area contributed by atoms with Gasteiger partial charge in [0.1, 0.15) is 23.1 Å². The van der Waals surface area contributed by atoms with Crippen molar-refractivity contribution in [3.8, 4) is 11.5 Å². The Labute approximate surface area is 224 Å². The van der Waals surface area contributed by atoms with Crippen molar-refractivity contribution in [2.75, 3.05) is 18.0 Å². The standard InChI is InChI=1S/C32H36N3OS/c1-9-34-25-15-27-23(13-21(25)19(3)17-31(34,5)6)29(30-33-11-12-37-30)24-14-22-20(4)18-32(7,8)35(10-2)26(22)16-28(24)36-27/h11-18H,9-10H2,1-8H3/q+1. The number of benzene rings is 2. The van der Waals surface area contributed by atoms with Crippen LogP contribution in [0.4, 0.5) is 5.69 Å². The monoisotopic (exact) mass is 510 g/mol. The molecule has 0 unspecified atom stereocenters. The van der Waals surface area contributed by atoms with Gasteiger partial charge in [-0.05, 0) is 70.9 Å². The SMILES string of the molecule is CCN1c2cc3c(cc2C(C)=CC1(C)C)C(c1nccs1)=c1cc2c(cc1O3)=[N+](CC)C(C)(C)C=C2C. The lowest BCUT2D eigenvalue weighted by Gasteiger charge is -2.43. The highest BCUT2D eigenvalue weighted by Crippen LogP contribution is 2.46. The van der Waals surface area contributed by atoms with E-state index in [2.05, 4.69) is 107 Å². The Balaban J connectivity index is 1.71. The summed E-state index contributed by atoms with van der Waals surface area (Å²) in [5.41, 5.74) is 8.58. The van der Waals surface area contributed by atoms with Gasteiger partial charge in [0.15, 0.2) is 5.54 Å². The van der Waals surface area contributed by atoms with Crippen LogP contribution < -0.4 is 24.8 Å². The van der Waals surface area contributed by atoms with E-state index in [-0.39, 0.29) is 11.1 Å². The molecule has 4 nitrogen and oxygen atoms in total. The maximum atomic E-state index is 6.79. The molecule has 0 saturated heterocycles. The number of aromatic nitrogens is 1. The number of hydrogen-bond donors (Lipinski definition) is 0. The van der Waals surface area contributed by atoms with Crippen LogP contribution >= 0.6 is 11.3 Å². The summed E-state index contributed by atoms with van der Waals surface area (Å²) in [6.45, 7) is 19.9. The topological polar surface area (TPSA) is 28.4 Å². The molecule has 0 atom stereocenters. The number of thiazole rings is 1. The molecular formula is C32H36N3OS+. The first kappa shape index (κ1) is 24.2. The highest BCUT2D eigenvalue weighted by molar-refractivity contribution is 7.10. The molecule has 0 spiro atoms. The molecule has 3 aromatic rings. The highest BCUT2D eigenvalue weighted by atomic mass is 32.1. The predicted octanol–water partition coefficient (Wildman–Crippen LogP) is 6.22. The van der Waals surface area contributed by atoms with Crippen molar-refractivity contribution < 1.29 is 4.74 Å². The van der Waals surface area contributed by atoms with Crippen LogP contribution in [-0.2, 0) is 0 Å². The Morgan fingerprint density at radius 1 is 0.919 bits per heavy atom. The van der Waals surface area contributed by atoms with Crippen LogP contribution in [0.25, 0.3) is 16.7 Å². The number of anilines is 1. The summed E-state index contributed by atoms with van der Waals surface area (Å²) >= 11 is 1.69. The predicted molar refractivity (Wildman–Crippen MR) is 156 cm³/mol. The number of fused-ring (bicyclic) bond motifs is 4. The minimum atomic E-state index is -0.0510. The third kappa shape index (κ3) is 3.54. The molecule has 3 aliphatic heterocycles. The zero-order chi connectivity index (χ0) is 26.3. The van der Waals surface area contributed by atoms with Gasteiger partial charge < -0.3 is 9.64 Å². The van der Waals surface area contributed by atoms with E-state index in [1.54, 1.807) is 11.3 Å². The number of rotatable bonds is 3. The van der Waals surface area contributed by atoms with Gasteiger partial charge in [0.05, 0.1) is 11.6 Å². The molecule has 4 heterocycles. The highest BCUT2D eigenvalue weighted by Gasteiger charge is 2.36. The van der Waals surface area contributed by atoms with Gasteiger partial charge in [-0.2, -0.15) is 0 Å². The Morgan fingerprint density at radius 3 is 2.35 bits per heavy atom. The van der Waals surface area contributed by atoms with Crippen molar-refractivity contribution in [2.45, 2.75) is 66.5 Å². The second-order valence-electron chi connectivity index (χ2n) is 11.5. The average molecular weight is 511 g/mol. The Hall–Kier alpha value is -3.18. The molecule has 0 radical (unpaired) electrons. The first-order valence-electron chi connectivity index (χ1n) is 13.3. The molecule has 0 amide bonds. The summed E-state index contributed by atoms with van der Waals surface area (Å²) in [6.07, 6.45) is 6.67. The lowest BCUT2D eigenvalue weighted by molar-refractivity contribution is 0.399. The summed E-state index contributed by atoms with van der Waals surface area (Å²) in [5, 5.41) is 5.45. The van der Waals surface area contributed by atoms with E-state index < -0.39 is 0 Å². The van der Waals surface area contributed by atoms with Gasteiger partial charge in [-0.1, -0.05) is 6.08 Å². The van der Waals surface area contributed by atoms with Crippen LogP contribution in [-0.4, -0.2) is 29.2 Å². The zero-order valence-electron chi connectivity index (χ0n) is 23.2. The van der Waals surface area contributed by atoms with Crippen LogP contribution in [0.5, 0.6) is 11.5 Å². The van der Waals surface area contributed by atoms with Gasteiger partial charge in [-0.15, -0.1) is 11.3 Å². The van der Waals surface area contributed by atoms with E-state index in [1.165, 1.54) is 38.9 Å². The minimum absolute atomic E-state index is 0.0510. The molecule has 0 N–H and O–H groups in total. The van der Waals surface area contributed by atoms with Gasteiger partial charge in [0, 0.05) is 71.2 Å². The van der Waals surface area contributed by atoms with Gasteiger partial charge in [0.25, 0.3) is 0 Å². The fourth-order valence-electron chi connectivity index (χ4n) is 6.76. The molecule has 6 rings (SSSR count). The first-order chi connectivity index (χ1) is 17.6. The van der Waals surface area contributed by atoms with E-state index in [0.717, 1.165) is 40.4 Å². The Morgan fingerprint density at radius 2 is 1.68 bits per heavy atom. The second-order valence-corrected chi connectivity index (χ2v) is 12.4. The fraction of sp³-hybridized carbons (Fsp3) is 0.375. The van der Waals surface area contributed by atoms with E-state index in [4.69, 9.17) is 9.72 Å². The van der Waals surface area contributed by atoms with Crippen LogP contribution in [0.1, 0.15) is 77.1 Å². The van der Waals surface area contributed by atoms with Crippen molar-refractivity contribution in [1.29, 1.82) is 0 Å². The number of nitrogens with zero attached hydrogens (tertiary/aromatic N) is 3. The van der Waals surface area contributed by atoms with Crippen molar-refractivity contribution in [3.05, 3.63) is 80.3 Å². The van der Waals surface area contributed by atoms with Gasteiger partial charge in [-0.25, -0.2) is 9.56 Å². The fourth-order valence-corrected chi connectivity index (χ4v) is 7.47. The van der Waals surface area contributed by atoms with Gasteiger partial charge >= 0.3 is 0 Å². The normalized spacial score (nSPS) is 18.8. The minimum Gasteiger partial charge on any atom is -0.456 e. The molecular weight excluding hydrogens is 474 g/mol. The van der Waals surface area contributed by atoms with Crippen molar-refractivity contribution >= 4 is 33.7 Å². The van der Waals surface area contributed by atoms with Gasteiger partial charge in [-0.3, -0.25) is 0 Å². The molecule has 0 aliphatic carbocycles. The molecule has 0 fully saturated rings. The molecule has 5 heteroatoms. The van der Waals surface area contributed by atoms with E-state index in [9.17, 15) is 0 Å². The molecule has 190 valence electrons. The van der Waals surface area contributed by atoms with Crippen molar-refractivity contribution in [1.82, 2.24) is 9.56 Å². The molecule has 3 aliphatic rings. The van der Waals surface area contributed by atoms with Crippen LogP contribution in [0.15, 0.2) is 48.0 Å². The summed E-state index contributed by atoms with van der Waals surface area (Å²) in [7, 11) is 0. The number of ether oxygens (including phenoxy) is 1. The number of hydrogen-bond acceptors (Lipinski definition) is 4. The smallest absolute Gasteiger partial charge is 0.211 e. The largest absolute Gasteiger partial charge is 0.456 e. The summed E-state index contributed by atoms with van der Waals surface area (Å²) in [4.78, 5) is 7.26. The third-order valence-corrected chi connectivity index (χ3v) is 8.99. The maximum Gasteiger partial charge on any atom is 0.211 e.